The van der Waals surface area contributed by atoms with Crippen LogP contribution < -0.4 is 0 Å². The van der Waals surface area contributed by atoms with Crippen molar-refractivity contribution in [3.8, 4) is 10.7 Å². The Morgan fingerprint density at radius 2 is 1.82 bits per heavy atom. The van der Waals surface area contributed by atoms with E-state index in [2.05, 4.69) is 50.0 Å². The van der Waals surface area contributed by atoms with Crippen LogP contribution in [0, 0.1) is 0 Å². The Hall–Kier alpha value is -2.20. The van der Waals surface area contributed by atoms with Gasteiger partial charge >= 0.3 is 0 Å². The number of rotatable bonds is 7. The summed E-state index contributed by atoms with van der Waals surface area (Å²) in [7, 11) is -1.12. The molecule has 1 aliphatic rings. The number of hydrogen-bond donors (Lipinski definition) is 0. The van der Waals surface area contributed by atoms with Crippen molar-refractivity contribution in [2.24, 2.45) is 7.05 Å². The van der Waals surface area contributed by atoms with Crippen molar-refractivity contribution < 1.29 is 8.42 Å². The van der Waals surface area contributed by atoms with Gasteiger partial charge < -0.3 is 9.47 Å². The molecule has 0 N–H and O–H groups in total. The maximum Gasteiger partial charge on any atom is 0.191 e. The molecule has 0 fully saturated rings. The summed E-state index contributed by atoms with van der Waals surface area (Å²) in [5, 5.41) is 11.1. The monoisotopic (exact) mass is 512 g/mol. The molecule has 34 heavy (non-hydrogen) atoms. The molecule has 178 valence electrons. The molecule has 6 nitrogen and oxygen atoms in total. The summed E-state index contributed by atoms with van der Waals surface area (Å²) in [6.07, 6.45) is 4.21. The fourth-order valence-corrected chi connectivity index (χ4v) is 6.99. The largest absolute Gasteiger partial charge is 0.305 e. The molecular weight excluding hydrogens is 485 g/mol. The first-order chi connectivity index (χ1) is 16.4. The molecule has 3 heterocycles. The third-order valence-electron chi connectivity index (χ3n) is 6.33. The van der Waals surface area contributed by atoms with Gasteiger partial charge in [0.05, 0.1) is 9.77 Å². The number of benzene rings is 2. The van der Waals surface area contributed by atoms with Gasteiger partial charge in [-0.25, -0.2) is 8.42 Å². The lowest BCUT2D eigenvalue weighted by atomic mass is 10.0. The Kier molecular flexibility index (Phi) is 6.79. The first-order valence-electron chi connectivity index (χ1n) is 11.4. The molecule has 0 amide bonds. The number of sulfone groups is 1. The fraction of sp³-hybridized carbons (Fsp3) is 0.360. The summed E-state index contributed by atoms with van der Waals surface area (Å²) in [6.45, 7) is 3.00. The van der Waals surface area contributed by atoms with E-state index in [1.165, 1.54) is 27.5 Å². The summed E-state index contributed by atoms with van der Waals surface area (Å²) in [5.41, 5.74) is 2.45. The molecule has 2 aromatic heterocycles. The van der Waals surface area contributed by atoms with Gasteiger partial charge in [0.15, 0.2) is 20.8 Å². The first-order valence-corrected chi connectivity index (χ1v) is 15.1. The Balaban J connectivity index is 1.14. The molecule has 0 atom stereocenters. The molecule has 0 radical (unpaired) electrons. The van der Waals surface area contributed by atoms with Crippen LogP contribution in [0.4, 0.5) is 0 Å². The Labute approximate surface area is 208 Å². The molecule has 5 rings (SSSR count). The maximum atomic E-state index is 11.9. The summed E-state index contributed by atoms with van der Waals surface area (Å²) < 4.78 is 27.1. The number of nitrogens with zero attached hydrogens (tertiary/aromatic N) is 4. The van der Waals surface area contributed by atoms with Gasteiger partial charge in [0.1, 0.15) is 0 Å². The molecule has 0 saturated heterocycles. The van der Waals surface area contributed by atoms with Crippen molar-refractivity contribution in [3.05, 3.63) is 59.7 Å². The van der Waals surface area contributed by atoms with E-state index >= 15 is 0 Å². The van der Waals surface area contributed by atoms with Gasteiger partial charge in [0.2, 0.25) is 0 Å². The minimum Gasteiger partial charge on any atom is -0.305 e. The van der Waals surface area contributed by atoms with Crippen molar-refractivity contribution in [1.82, 2.24) is 19.7 Å². The molecule has 2 aromatic carbocycles. The molecular formula is C25H28N4O2S3. The zero-order chi connectivity index (χ0) is 23.7. The standard InChI is InChI=1S/C25H28N4O2S3/c1-28-24(23-17-20-6-3-4-7-22(20)33-23)26-27-25(28)32-15-5-12-29-13-10-18-8-9-21(34(2,30)31)16-19(18)11-14-29/h3-4,6-9,16-17H,5,10-15H2,1-2H3. The number of aromatic nitrogens is 3. The van der Waals surface area contributed by atoms with Gasteiger partial charge in [-0.15, -0.1) is 21.5 Å². The summed E-state index contributed by atoms with van der Waals surface area (Å²) in [5.74, 6) is 1.91. The predicted octanol–water partition coefficient (Wildman–Crippen LogP) is 4.68. The van der Waals surface area contributed by atoms with E-state index in [0.717, 1.165) is 60.5 Å². The third kappa shape index (κ3) is 5.07. The highest BCUT2D eigenvalue weighted by Gasteiger charge is 2.17. The molecule has 0 spiro atoms. The highest BCUT2D eigenvalue weighted by atomic mass is 32.2. The smallest absolute Gasteiger partial charge is 0.191 e. The average Bonchev–Trinajstić information content (AvgIpc) is 3.33. The third-order valence-corrected chi connectivity index (χ3v) is 9.66. The van der Waals surface area contributed by atoms with E-state index in [1.807, 2.05) is 19.2 Å². The topological polar surface area (TPSA) is 68.1 Å². The van der Waals surface area contributed by atoms with Gasteiger partial charge in [-0.2, -0.15) is 0 Å². The first kappa shape index (κ1) is 23.5. The zero-order valence-electron chi connectivity index (χ0n) is 19.4. The highest BCUT2D eigenvalue weighted by molar-refractivity contribution is 7.99. The second-order valence-corrected chi connectivity index (χ2v) is 12.9. The lowest BCUT2D eigenvalue weighted by Crippen LogP contribution is -2.27. The Morgan fingerprint density at radius 1 is 1.03 bits per heavy atom. The summed E-state index contributed by atoms with van der Waals surface area (Å²) in [6, 6.07) is 16.2. The minimum atomic E-state index is -3.16. The fourth-order valence-electron chi connectivity index (χ4n) is 4.40. The normalized spacial score (nSPS) is 14.9. The lowest BCUT2D eigenvalue weighted by Gasteiger charge is -2.19. The van der Waals surface area contributed by atoms with Crippen molar-refractivity contribution in [2.75, 3.05) is 31.6 Å². The number of thioether (sulfide) groups is 1. The highest BCUT2D eigenvalue weighted by Crippen LogP contribution is 2.33. The van der Waals surface area contributed by atoms with Crippen LogP contribution >= 0.6 is 23.1 Å². The van der Waals surface area contributed by atoms with Crippen molar-refractivity contribution in [1.29, 1.82) is 0 Å². The average molecular weight is 513 g/mol. The van der Waals surface area contributed by atoms with E-state index in [-0.39, 0.29) is 0 Å². The van der Waals surface area contributed by atoms with Crippen LogP contribution in [0.25, 0.3) is 20.8 Å². The van der Waals surface area contributed by atoms with Crippen molar-refractivity contribution in [2.45, 2.75) is 29.3 Å². The Morgan fingerprint density at radius 3 is 2.62 bits per heavy atom. The van der Waals surface area contributed by atoms with Crippen LogP contribution in [0.3, 0.4) is 0 Å². The predicted molar refractivity (Wildman–Crippen MR) is 141 cm³/mol. The number of thiophene rings is 1. The van der Waals surface area contributed by atoms with E-state index in [9.17, 15) is 8.42 Å². The van der Waals surface area contributed by atoms with Gasteiger partial charge in [0, 0.05) is 36.8 Å². The SMILES string of the molecule is Cn1c(SCCCN2CCc3ccc(S(C)(=O)=O)cc3CC2)nnc1-c1cc2ccccc2s1. The second kappa shape index (κ2) is 9.81. The van der Waals surface area contributed by atoms with Crippen LogP contribution in [0.2, 0.25) is 0 Å². The lowest BCUT2D eigenvalue weighted by molar-refractivity contribution is 0.289. The number of fused-ring (bicyclic) bond motifs is 2. The van der Waals surface area contributed by atoms with E-state index in [0.29, 0.717) is 4.90 Å². The van der Waals surface area contributed by atoms with Gasteiger partial charge in [-0.3, -0.25) is 0 Å². The second-order valence-electron chi connectivity index (χ2n) is 8.76. The molecule has 0 saturated carbocycles. The van der Waals surface area contributed by atoms with Crippen LogP contribution in [0.5, 0.6) is 0 Å². The summed E-state index contributed by atoms with van der Waals surface area (Å²) >= 11 is 3.51. The Bertz CT molecular complexity index is 1390. The van der Waals surface area contributed by atoms with E-state index in [4.69, 9.17) is 0 Å². The molecule has 0 bridgehead atoms. The minimum absolute atomic E-state index is 0.426. The molecule has 1 aliphatic heterocycles. The van der Waals surface area contributed by atoms with Gasteiger partial charge in [-0.1, -0.05) is 36.0 Å². The maximum absolute atomic E-state index is 11.9. The van der Waals surface area contributed by atoms with Crippen LogP contribution in [-0.2, 0) is 29.7 Å². The van der Waals surface area contributed by atoms with Gasteiger partial charge in [-0.05, 0) is 66.6 Å². The molecule has 9 heteroatoms. The number of hydrogen-bond acceptors (Lipinski definition) is 7. The summed E-state index contributed by atoms with van der Waals surface area (Å²) in [4.78, 5) is 4.06. The van der Waals surface area contributed by atoms with Crippen LogP contribution in [0.1, 0.15) is 17.5 Å². The molecule has 0 aliphatic carbocycles. The van der Waals surface area contributed by atoms with Crippen molar-refractivity contribution >= 4 is 43.0 Å². The van der Waals surface area contributed by atoms with Gasteiger partial charge in [0.25, 0.3) is 0 Å². The van der Waals surface area contributed by atoms with E-state index < -0.39 is 9.84 Å². The van der Waals surface area contributed by atoms with Crippen LogP contribution in [0.15, 0.2) is 58.6 Å². The zero-order valence-corrected chi connectivity index (χ0v) is 21.8. The molecule has 0 unspecified atom stereocenters. The van der Waals surface area contributed by atoms with E-state index in [1.54, 1.807) is 29.2 Å². The van der Waals surface area contributed by atoms with Crippen molar-refractivity contribution in [3.63, 3.8) is 0 Å². The van der Waals surface area contributed by atoms with Crippen LogP contribution in [-0.4, -0.2) is 59.7 Å². The quantitative estimate of drug-likeness (QED) is 0.265. The molecule has 4 aromatic rings.